The Bertz CT molecular complexity index is 1220. The largest absolute Gasteiger partial charge is 0.493 e. The number of likely N-dealkylation sites (N-methyl/N-ethyl adjacent to an activating group) is 1. The second-order valence-electron chi connectivity index (χ2n) is 9.26. The third kappa shape index (κ3) is 6.51. The highest BCUT2D eigenvalue weighted by Crippen LogP contribution is 2.48. The van der Waals surface area contributed by atoms with Crippen LogP contribution in [0, 0.1) is 0 Å². The third-order valence-corrected chi connectivity index (χ3v) is 7.24. The van der Waals surface area contributed by atoms with Crippen LogP contribution >= 0.6 is 11.6 Å². The molecule has 39 heavy (non-hydrogen) atoms. The van der Waals surface area contributed by atoms with Crippen LogP contribution in [0.15, 0.2) is 35.4 Å². The molecule has 2 aromatic rings. The number of carbonyl (C=O) groups excluding carboxylic acids is 1. The predicted octanol–water partition coefficient (Wildman–Crippen LogP) is 3.96. The number of hydrogen-bond acceptors (Lipinski definition) is 8. The summed E-state index contributed by atoms with van der Waals surface area (Å²) in [4.78, 5) is 22.8. The van der Waals surface area contributed by atoms with Gasteiger partial charge in [0.1, 0.15) is 11.1 Å². The maximum atomic E-state index is 12.0. The topological polar surface area (TPSA) is 110 Å². The molecule has 11 heteroatoms. The Labute approximate surface area is 233 Å². The summed E-state index contributed by atoms with van der Waals surface area (Å²) in [6.07, 6.45) is 2.09. The molecular formula is C28H35ClNO9+. The zero-order valence-corrected chi connectivity index (χ0v) is 23.8. The van der Waals surface area contributed by atoms with Crippen molar-refractivity contribution in [2.75, 3.05) is 62.3 Å². The van der Waals surface area contributed by atoms with Crippen LogP contribution in [0.2, 0.25) is 0 Å². The second-order valence-corrected chi connectivity index (χ2v) is 9.67. The molecule has 3 rings (SSSR count). The lowest BCUT2D eigenvalue weighted by atomic mass is 9.85. The first-order valence-electron chi connectivity index (χ1n) is 12.3. The monoisotopic (exact) mass is 564 g/mol. The number of carbonyl (C=O) groups is 2. The first-order chi connectivity index (χ1) is 18.6. The first-order valence-corrected chi connectivity index (χ1v) is 12.7. The van der Waals surface area contributed by atoms with Gasteiger partial charge in [-0.25, -0.2) is 9.59 Å². The Kier molecular flexibility index (Phi) is 9.93. The molecule has 0 unspecified atom stereocenters. The average Bonchev–Trinajstić information content (AvgIpc) is 2.93. The highest BCUT2D eigenvalue weighted by Gasteiger charge is 2.41. The molecule has 0 radical (unpaired) electrons. The molecule has 0 saturated carbocycles. The van der Waals surface area contributed by atoms with Gasteiger partial charge >= 0.3 is 11.9 Å². The van der Waals surface area contributed by atoms with Crippen LogP contribution in [0.4, 0.5) is 0 Å². The number of esters is 1. The van der Waals surface area contributed by atoms with E-state index in [1.54, 1.807) is 35.5 Å². The summed E-state index contributed by atoms with van der Waals surface area (Å²) >= 11 is 5.53. The SMILES string of the molecule is COc1cc2c(cc1OC)[C@H](c1cc(OC)c(OC)c(OC)c1)[N@@+](C)(CCCOC(=O)/C=C(\Cl)C(=O)O)CC2. The summed E-state index contributed by atoms with van der Waals surface area (Å²) in [5, 5.41) is 8.25. The van der Waals surface area contributed by atoms with Crippen molar-refractivity contribution in [1.29, 1.82) is 0 Å². The molecule has 2 atom stereocenters. The van der Waals surface area contributed by atoms with E-state index in [9.17, 15) is 9.59 Å². The summed E-state index contributed by atoms with van der Waals surface area (Å²) in [5.74, 6) is 0.686. The number of carboxylic acids is 1. The number of fused-ring (bicyclic) bond motifs is 1. The van der Waals surface area contributed by atoms with Gasteiger partial charge < -0.3 is 38.0 Å². The van der Waals surface area contributed by atoms with E-state index < -0.39 is 17.0 Å². The number of halogens is 1. The van der Waals surface area contributed by atoms with Crippen molar-refractivity contribution in [3.8, 4) is 28.7 Å². The molecule has 1 N–H and O–H groups in total. The highest BCUT2D eigenvalue weighted by atomic mass is 35.5. The molecule has 1 aliphatic rings. The molecule has 1 heterocycles. The van der Waals surface area contributed by atoms with Crippen LogP contribution in [0.25, 0.3) is 0 Å². The molecule has 0 spiro atoms. The van der Waals surface area contributed by atoms with Gasteiger partial charge in [0.25, 0.3) is 0 Å². The first kappa shape index (κ1) is 29.9. The number of benzene rings is 2. The van der Waals surface area contributed by atoms with Gasteiger partial charge in [-0.05, 0) is 29.8 Å². The van der Waals surface area contributed by atoms with Gasteiger partial charge in [-0.1, -0.05) is 11.6 Å². The molecule has 0 saturated heterocycles. The van der Waals surface area contributed by atoms with Crippen molar-refractivity contribution >= 4 is 23.5 Å². The number of rotatable bonds is 12. The summed E-state index contributed by atoms with van der Waals surface area (Å²) in [7, 11) is 10.1. The molecular weight excluding hydrogens is 530 g/mol. The van der Waals surface area contributed by atoms with E-state index in [0.717, 1.165) is 35.7 Å². The van der Waals surface area contributed by atoms with Crippen molar-refractivity contribution in [2.45, 2.75) is 18.9 Å². The minimum atomic E-state index is -1.39. The minimum Gasteiger partial charge on any atom is -0.493 e. The van der Waals surface area contributed by atoms with Gasteiger partial charge in [-0.15, -0.1) is 0 Å². The van der Waals surface area contributed by atoms with E-state index in [2.05, 4.69) is 7.05 Å². The molecule has 0 fully saturated rings. The van der Waals surface area contributed by atoms with E-state index in [1.165, 1.54) is 0 Å². The number of methoxy groups -OCH3 is 5. The number of quaternary nitrogens is 1. The zero-order valence-electron chi connectivity index (χ0n) is 23.0. The van der Waals surface area contributed by atoms with Crippen LogP contribution in [-0.4, -0.2) is 83.8 Å². The van der Waals surface area contributed by atoms with E-state index in [-0.39, 0.29) is 12.6 Å². The number of nitrogens with zero attached hydrogens (tertiary/aromatic N) is 1. The fourth-order valence-corrected chi connectivity index (χ4v) is 5.18. The van der Waals surface area contributed by atoms with Crippen LogP contribution in [0.5, 0.6) is 28.7 Å². The van der Waals surface area contributed by atoms with Crippen molar-refractivity contribution in [2.24, 2.45) is 0 Å². The molecule has 1 aliphatic heterocycles. The van der Waals surface area contributed by atoms with Gasteiger partial charge in [-0.3, -0.25) is 0 Å². The summed E-state index contributed by atoms with van der Waals surface area (Å²) < 4.78 is 33.8. The van der Waals surface area contributed by atoms with Crippen LogP contribution in [-0.2, 0) is 20.7 Å². The van der Waals surface area contributed by atoms with Gasteiger partial charge in [0.2, 0.25) is 5.75 Å². The third-order valence-electron chi connectivity index (χ3n) is 6.96. The van der Waals surface area contributed by atoms with E-state index >= 15 is 0 Å². The van der Waals surface area contributed by atoms with Crippen molar-refractivity contribution in [3.63, 3.8) is 0 Å². The zero-order chi connectivity index (χ0) is 28.7. The number of aliphatic carboxylic acids is 1. The highest BCUT2D eigenvalue weighted by molar-refractivity contribution is 6.42. The maximum absolute atomic E-state index is 12.0. The van der Waals surface area contributed by atoms with Gasteiger partial charge in [-0.2, -0.15) is 0 Å². The number of hydrogen-bond donors (Lipinski definition) is 1. The molecule has 10 nitrogen and oxygen atoms in total. The van der Waals surface area contributed by atoms with Crippen molar-refractivity contribution in [1.82, 2.24) is 0 Å². The lowest BCUT2D eigenvalue weighted by Gasteiger charge is -2.46. The Morgan fingerprint density at radius 2 is 1.54 bits per heavy atom. The van der Waals surface area contributed by atoms with E-state index in [0.29, 0.717) is 46.2 Å². The molecule has 0 bridgehead atoms. The van der Waals surface area contributed by atoms with Gasteiger partial charge in [0.15, 0.2) is 23.0 Å². The predicted molar refractivity (Wildman–Crippen MR) is 144 cm³/mol. The smallest absolute Gasteiger partial charge is 0.347 e. The Morgan fingerprint density at radius 3 is 2.08 bits per heavy atom. The lowest BCUT2D eigenvalue weighted by Crippen LogP contribution is -2.52. The average molecular weight is 565 g/mol. The Hall–Kier alpha value is -3.63. The fraction of sp³-hybridized carbons (Fsp3) is 0.429. The van der Waals surface area contributed by atoms with Gasteiger partial charge in [0.05, 0.1) is 62.3 Å². The molecule has 2 aromatic carbocycles. The van der Waals surface area contributed by atoms with Crippen molar-refractivity contribution < 1.29 is 47.6 Å². The lowest BCUT2D eigenvalue weighted by molar-refractivity contribution is -0.935. The van der Waals surface area contributed by atoms with Crippen molar-refractivity contribution in [3.05, 3.63) is 52.1 Å². The molecule has 0 aromatic heterocycles. The standard InChI is InChI=1S/C28H34ClNO9/c1-30(9-7-11-39-25(31)16-20(29)28(32)33)10-8-17-12-21(34-2)22(35-3)15-19(17)26(30)18-13-23(36-4)27(38-6)24(14-18)37-5/h12-16,26H,7-11H2,1-6H3/p+1/b20-16-/t26-,30-/m0/s1. The normalized spacial score (nSPS) is 18.5. The number of carboxylic acid groups (broad SMARTS) is 1. The molecule has 0 amide bonds. The number of ether oxygens (including phenoxy) is 6. The van der Waals surface area contributed by atoms with E-state index in [1.807, 2.05) is 24.3 Å². The Balaban J connectivity index is 2.02. The summed E-state index contributed by atoms with van der Waals surface area (Å²) in [5.41, 5.74) is 3.17. The summed E-state index contributed by atoms with van der Waals surface area (Å²) in [6, 6.07) is 7.78. The minimum absolute atomic E-state index is 0.105. The Morgan fingerprint density at radius 1 is 0.949 bits per heavy atom. The van der Waals surface area contributed by atoms with Gasteiger partial charge in [0, 0.05) is 30.0 Å². The van der Waals surface area contributed by atoms with E-state index in [4.69, 9.17) is 45.1 Å². The maximum Gasteiger partial charge on any atom is 0.347 e. The molecule has 0 aliphatic carbocycles. The fourth-order valence-electron chi connectivity index (χ4n) is 5.09. The van der Waals surface area contributed by atoms with Crippen LogP contribution in [0.1, 0.15) is 29.2 Å². The summed E-state index contributed by atoms with van der Waals surface area (Å²) in [6.45, 7) is 1.55. The van der Waals surface area contributed by atoms with Crippen LogP contribution < -0.4 is 23.7 Å². The van der Waals surface area contributed by atoms with Crippen LogP contribution in [0.3, 0.4) is 0 Å². The second kappa shape index (κ2) is 12.9. The molecule has 212 valence electrons. The quantitative estimate of drug-likeness (QED) is 0.177.